The summed E-state index contributed by atoms with van der Waals surface area (Å²) in [5, 5.41) is 4.90. The fourth-order valence-electron chi connectivity index (χ4n) is 1.96. The highest BCUT2D eigenvalue weighted by Gasteiger charge is 2.10. The molecule has 5 heteroatoms. The Morgan fingerprint density at radius 1 is 1.14 bits per heavy atom. The second kappa shape index (κ2) is 7.65. The van der Waals surface area contributed by atoms with Crippen LogP contribution >= 0.6 is 34.8 Å². The zero-order valence-electron chi connectivity index (χ0n) is 11.9. The van der Waals surface area contributed by atoms with E-state index in [1.165, 1.54) is 0 Å². The molecular formula is C17H14Cl3NO. The molecule has 0 aliphatic heterocycles. The molecule has 0 unspecified atom stereocenters. The van der Waals surface area contributed by atoms with E-state index in [4.69, 9.17) is 46.0 Å². The molecule has 0 saturated carbocycles. The Morgan fingerprint density at radius 3 is 2.45 bits per heavy atom. The highest BCUT2D eigenvalue weighted by Crippen LogP contribution is 2.34. The van der Waals surface area contributed by atoms with Crippen molar-refractivity contribution < 1.29 is 4.74 Å². The molecule has 0 aliphatic carbocycles. The quantitative estimate of drug-likeness (QED) is 0.708. The van der Waals surface area contributed by atoms with Crippen LogP contribution in [0.15, 0.2) is 30.3 Å². The number of terminal acetylenes is 1. The highest BCUT2D eigenvalue weighted by atomic mass is 35.5. The van der Waals surface area contributed by atoms with Gasteiger partial charge < -0.3 is 10.1 Å². The normalized spacial score (nSPS) is 10.1. The Balaban J connectivity index is 2.14. The summed E-state index contributed by atoms with van der Waals surface area (Å²) in [6, 6.07) is 9.31. The van der Waals surface area contributed by atoms with Gasteiger partial charge >= 0.3 is 0 Å². The number of benzene rings is 2. The van der Waals surface area contributed by atoms with Crippen LogP contribution in [0.25, 0.3) is 0 Å². The summed E-state index contributed by atoms with van der Waals surface area (Å²) in [7, 11) is 0. The lowest BCUT2D eigenvalue weighted by Crippen LogP contribution is -2.02. The average Bonchev–Trinajstić information content (AvgIpc) is 2.48. The summed E-state index contributed by atoms with van der Waals surface area (Å²) in [5.41, 5.74) is 2.89. The van der Waals surface area contributed by atoms with Crippen molar-refractivity contribution in [3.8, 4) is 18.1 Å². The molecule has 0 atom stereocenters. The van der Waals surface area contributed by atoms with Gasteiger partial charge in [-0.05, 0) is 42.3 Å². The predicted molar refractivity (Wildman–Crippen MR) is 94.3 cm³/mol. The van der Waals surface area contributed by atoms with E-state index in [9.17, 15) is 0 Å². The minimum Gasteiger partial charge on any atom is -0.478 e. The van der Waals surface area contributed by atoms with E-state index >= 15 is 0 Å². The van der Waals surface area contributed by atoms with Gasteiger partial charge in [0, 0.05) is 17.3 Å². The van der Waals surface area contributed by atoms with Crippen LogP contribution < -0.4 is 10.1 Å². The zero-order valence-corrected chi connectivity index (χ0v) is 14.2. The minimum absolute atomic E-state index is 0.124. The second-order valence-corrected chi connectivity index (χ2v) is 5.87. The van der Waals surface area contributed by atoms with Crippen LogP contribution in [0.3, 0.4) is 0 Å². The zero-order chi connectivity index (χ0) is 16.1. The number of anilines is 1. The molecule has 2 aromatic carbocycles. The fourth-order valence-corrected chi connectivity index (χ4v) is 2.78. The monoisotopic (exact) mass is 353 g/mol. The Kier molecular flexibility index (Phi) is 5.85. The van der Waals surface area contributed by atoms with Crippen molar-refractivity contribution in [2.24, 2.45) is 0 Å². The maximum atomic E-state index is 6.18. The van der Waals surface area contributed by atoms with E-state index in [-0.39, 0.29) is 6.61 Å². The number of rotatable bonds is 5. The lowest BCUT2D eigenvalue weighted by Gasteiger charge is -2.13. The van der Waals surface area contributed by atoms with Gasteiger partial charge in [0.2, 0.25) is 0 Å². The average molecular weight is 355 g/mol. The molecule has 0 saturated heterocycles. The summed E-state index contributed by atoms with van der Waals surface area (Å²) < 4.78 is 5.33. The molecule has 2 nitrogen and oxygen atoms in total. The molecule has 0 aromatic heterocycles. The largest absolute Gasteiger partial charge is 0.478 e. The number of nitrogens with one attached hydrogen (secondary N) is 1. The SMILES string of the molecule is C#CCOc1c(Cl)cc(CNc2cccc(Cl)c2C)cc1Cl. The van der Waals surface area contributed by atoms with E-state index in [1.54, 1.807) is 12.1 Å². The summed E-state index contributed by atoms with van der Waals surface area (Å²) in [5.74, 6) is 2.79. The third-order valence-electron chi connectivity index (χ3n) is 3.11. The Bertz CT molecular complexity index is 699. The number of hydrogen-bond acceptors (Lipinski definition) is 2. The molecule has 0 fully saturated rings. The smallest absolute Gasteiger partial charge is 0.157 e. The third kappa shape index (κ3) is 4.01. The van der Waals surface area contributed by atoms with E-state index in [0.717, 1.165) is 21.8 Å². The van der Waals surface area contributed by atoms with Crippen molar-refractivity contribution in [2.75, 3.05) is 11.9 Å². The Morgan fingerprint density at radius 2 is 1.82 bits per heavy atom. The molecule has 0 radical (unpaired) electrons. The molecule has 0 aliphatic rings. The van der Waals surface area contributed by atoms with Crippen molar-refractivity contribution in [3.05, 3.63) is 56.5 Å². The lowest BCUT2D eigenvalue weighted by molar-refractivity contribution is 0.371. The van der Waals surface area contributed by atoms with Crippen LogP contribution in [0, 0.1) is 19.3 Å². The minimum atomic E-state index is 0.124. The molecule has 0 spiro atoms. The van der Waals surface area contributed by atoms with Crippen molar-refractivity contribution in [3.63, 3.8) is 0 Å². The maximum Gasteiger partial charge on any atom is 0.157 e. The van der Waals surface area contributed by atoms with Gasteiger partial charge in [0.25, 0.3) is 0 Å². The molecule has 2 rings (SSSR count). The maximum absolute atomic E-state index is 6.18. The van der Waals surface area contributed by atoms with Crippen molar-refractivity contribution in [1.82, 2.24) is 0 Å². The van der Waals surface area contributed by atoms with Crippen LogP contribution in [0.5, 0.6) is 5.75 Å². The molecular weight excluding hydrogens is 341 g/mol. The predicted octanol–water partition coefficient (Wildman–Crippen LogP) is 5.58. The standard InChI is InChI=1S/C17H14Cl3NO/c1-3-7-22-17-14(19)8-12(9-15(17)20)10-21-16-6-4-5-13(18)11(16)2/h1,4-6,8-9,21H,7,10H2,2H3. The fraction of sp³-hybridized carbons (Fsp3) is 0.176. The van der Waals surface area contributed by atoms with Crippen LogP contribution in [-0.4, -0.2) is 6.61 Å². The van der Waals surface area contributed by atoms with Crippen LogP contribution in [0.1, 0.15) is 11.1 Å². The third-order valence-corrected chi connectivity index (χ3v) is 4.08. The van der Waals surface area contributed by atoms with Gasteiger partial charge in [-0.2, -0.15) is 0 Å². The first kappa shape index (κ1) is 16.8. The number of ether oxygens (including phenoxy) is 1. The van der Waals surface area contributed by atoms with E-state index in [1.807, 2.05) is 25.1 Å². The van der Waals surface area contributed by atoms with Gasteiger partial charge in [0.1, 0.15) is 6.61 Å². The Labute approximate surface area is 145 Å². The molecule has 1 N–H and O–H groups in total. The van der Waals surface area contributed by atoms with Gasteiger partial charge in [-0.25, -0.2) is 0 Å². The van der Waals surface area contributed by atoms with Crippen molar-refractivity contribution in [2.45, 2.75) is 13.5 Å². The van der Waals surface area contributed by atoms with Gasteiger partial charge in [0.15, 0.2) is 5.75 Å². The highest BCUT2D eigenvalue weighted by molar-refractivity contribution is 6.37. The Hall–Kier alpha value is -1.53. The first-order valence-corrected chi connectivity index (χ1v) is 7.69. The van der Waals surface area contributed by atoms with E-state index in [2.05, 4.69) is 11.2 Å². The second-order valence-electron chi connectivity index (χ2n) is 4.65. The first-order chi connectivity index (χ1) is 10.5. The summed E-state index contributed by atoms with van der Waals surface area (Å²) in [6.07, 6.45) is 5.16. The van der Waals surface area contributed by atoms with Gasteiger partial charge in [-0.3, -0.25) is 0 Å². The topological polar surface area (TPSA) is 21.3 Å². The van der Waals surface area contributed by atoms with Crippen LogP contribution in [-0.2, 0) is 6.54 Å². The summed E-state index contributed by atoms with van der Waals surface area (Å²) in [4.78, 5) is 0. The number of halogens is 3. The molecule has 0 bridgehead atoms. The van der Waals surface area contributed by atoms with E-state index in [0.29, 0.717) is 22.3 Å². The molecule has 22 heavy (non-hydrogen) atoms. The molecule has 0 amide bonds. The van der Waals surface area contributed by atoms with Crippen LogP contribution in [0.4, 0.5) is 5.69 Å². The summed E-state index contributed by atoms with van der Waals surface area (Å²) in [6.45, 7) is 2.65. The van der Waals surface area contributed by atoms with Gasteiger partial charge in [-0.1, -0.05) is 46.8 Å². The van der Waals surface area contributed by atoms with E-state index < -0.39 is 0 Å². The molecule has 0 heterocycles. The van der Waals surface area contributed by atoms with Crippen molar-refractivity contribution >= 4 is 40.5 Å². The lowest BCUT2D eigenvalue weighted by atomic mass is 10.1. The molecule has 114 valence electrons. The first-order valence-electron chi connectivity index (χ1n) is 6.56. The van der Waals surface area contributed by atoms with Gasteiger partial charge in [0.05, 0.1) is 10.0 Å². The van der Waals surface area contributed by atoms with Crippen molar-refractivity contribution in [1.29, 1.82) is 0 Å². The molecule has 2 aromatic rings. The number of hydrogen-bond donors (Lipinski definition) is 1. The summed E-state index contributed by atoms with van der Waals surface area (Å²) >= 11 is 18.5. The van der Waals surface area contributed by atoms with Gasteiger partial charge in [-0.15, -0.1) is 6.42 Å². The van der Waals surface area contributed by atoms with Crippen LogP contribution in [0.2, 0.25) is 15.1 Å².